The first-order chi connectivity index (χ1) is 18.5. The molecule has 202 valence electrons. The Kier molecular flexibility index (Phi) is 6.80. The number of aromatic nitrogens is 3. The molecule has 10 heteroatoms. The van der Waals surface area contributed by atoms with Gasteiger partial charge in [-0.2, -0.15) is 5.10 Å². The Balaban J connectivity index is 1.33. The van der Waals surface area contributed by atoms with Gasteiger partial charge in [0.2, 0.25) is 5.91 Å². The number of carbonyl (C=O) groups excluding carboxylic acids is 2. The highest BCUT2D eigenvalue weighted by molar-refractivity contribution is 5.99. The van der Waals surface area contributed by atoms with E-state index in [1.165, 1.54) is 11.0 Å². The average molecular weight is 534 g/mol. The number of pyridine rings is 1. The summed E-state index contributed by atoms with van der Waals surface area (Å²) < 4.78 is 36.3. The fourth-order valence-electron chi connectivity index (χ4n) is 4.34. The van der Waals surface area contributed by atoms with Gasteiger partial charge in [0.05, 0.1) is 42.5 Å². The zero-order valence-corrected chi connectivity index (χ0v) is 22.2. The van der Waals surface area contributed by atoms with Gasteiger partial charge in [0.1, 0.15) is 23.5 Å². The molecule has 3 heterocycles. The minimum atomic E-state index is -0.991. The number of amides is 2. The van der Waals surface area contributed by atoms with E-state index in [1.54, 1.807) is 60.5 Å². The van der Waals surface area contributed by atoms with Crippen molar-refractivity contribution in [2.24, 2.45) is 0 Å². The number of anilines is 1. The molecule has 1 fully saturated rings. The highest BCUT2D eigenvalue weighted by atomic mass is 19.1. The maximum absolute atomic E-state index is 15.3. The van der Waals surface area contributed by atoms with Crippen molar-refractivity contribution in [3.05, 3.63) is 77.5 Å². The number of carbonyl (C=O) groups is 2. The third-order valence-electron chi connectivity index (χ3n) is 6.61. The lowest BCUT2D eigenvalue weighted by Gasteiger charge is -2.34. The molecule has 0 saturated carbocycles. The molecule has 2 amide bonds. The van der Waals surface area contributed by atoms with Crippen LogP contribution in [0.25, 0.3) is 10.9 Å². The van der Waals surface area contributed by atoms with Crippen LogP contribution in [0.5, 0.6) is 11.5 Å². The summed E-state index contributed by atoms with van der Waals surface area (Å²) in [5.41, 5.74) is 1.77. The molecule has 0 atom stereocenters. The van der Waals surface area contributed by atoms with E-state index in [0.717, 1.165) is 0 Å². The van der Waals surface area contributed by atoms with Crippen molar-refractivity contribution >= 4 is 28.4 Å². The molecule has 2 aromatic heterocycles. The number of alkyl halides is 1. The van der Waals surface area contributed by atoms with Crippen LogP contribution >= 0.6 is 0 Å². The van der Waals surface area contributed by atoms with Crippen LogP contribution < -0.4 is 10.1 Å². The number of nitrogens with zero attached hydrogens (tertiary/aromatic N) is 4. The summed E-state index contributed by atoms with van der Waals surface area (Å²) in [6.45, 7) is 7.73. The van der Waals surface area contributed by atoms with Crippen LogP contribution in [-0.4, -0.2) is 50.7 Å². The molecule has 0 aliphatic carbocycles. The second-order valence-electron chi connectivity index (χ2n) is 10.7. The lowest BCUT2D eigenvalue weighted by molar-refractivity contribution is -0.115. The van der Waals surface area contributed by atoms with Gasteiger partial charge in [-0.15, -0.1) is 0 Å². The molecular formula is C29H29F2N5O3. The number of benzene rings is 2. The number of rotatable bonds is 6. The maximum atomic E-state index is 15.3. The molecule has 2 aromatic carbocycles. The Morgan fingerprint density at radius 1 is 1.13 bits per heavy atom. The van der Waals surface area contributed by atoms with Crippen molar-refractivity contribution in [3.8, 4) is 11.5 Å². The maximum Gasteiger partial charge on any atom is 0.254 e. The molecule has 4 aromatic rings. The SMILES string of the molecule is Cc1c(Oc2ccnc3ccc(C(=O)N4CC(F)C4)cc23)ccc(CC(=O)Nc2cnn(C(C)(C)C)c2)c1F. The lowest BCUT2D eigenvalue weighted by Crippen LogP contribution is -2.51. The highest BCUT2D eigenvalue weighted by Crippen LogP contribution is 2.33. The van der Waals surface area contributed by atoms with Gasteiger partial charge < -0.3 is 15.0 Å². The minimum absolute atomic E-state index is 0.0800. The van der Waals surface area contributed by atoms with Gasteiger partial charge in [-0.05, 0) is 63.6 Å². The van der Waals surface area contributed by atoms with Crippen LogP contribution in [0.2, 0.25) is 0 Å². The van der Waals surface area contributed by atoms with E-state index in [4.69, 9.17) is 4.74 Å². The third-order valence-corrected chi connectivity index (χ3v) is 6.61. The van der Waals surface area contributed by atoms with Crippen molar-refractivity contribution in [2.45, 2.75) is 45.8 Å². The third kappa shape index (κ3) is 5.45. The average Bonchev–Trinajstić information content (AvgIpc) is 3.35. The van der Waals surface area contributed by atoms with Crippen LogP contribution in [0.3, 0.4) is 0 Å². The van der Waals surface area contributed by atoms with Crippen molar-refractivity contribution in [1.29, 1.82) is 0 Å². The summed E-state index contributed by atoms with van der Waals surface area (Å²) in [4.78, 5) is 31.0. The van der Waals surface area contributed by atoms with Gasteiger partial charge in [0.25, 0.3) is 5.91 Å². The molecule has 0 bridgehead atoms. The fourth-order valence-corrected chi connectivity index (χ4v) is 4.34. The number of ether oxygens (including phenoxy) is 1. The summed E-state index contributed by atoms with van der Waals surface area (Å²) in [7, 11) is 0. The van der Waals surface area contributed by atoms with E-state index in [0.29, 0.717) is 27.9 Å². The summed E-state index contributed by atoms with van der Waals surface area (Å²) in [5.74, 6) is -0.507. The summed E-state index contributed by atoms with van der Waals surface area (Å²) in [6.07, 6.45) is 3.70. The highest BCUT2D eigenvalue weighted by Gasteiger charge is 2.31. The zero-order valence-electron chi connectivity index (χ0n) is 22.2. The predicted octanol–water partition coefficient (Wildman–Crippen LogP) is 5.40. The Hall–Kier alpha value is -4.34. The Morgan fingerprint density at radius 3 is 2.59 bits per heavy atom. The number of halogens is 2. The topological polar surface area (TPSA) is 89.3 Å². The van der Waals surface area contributed by atoms with Gasteiger partial charge >= 0.3 is 0 Å². The molecule has 1 saturated heterocycles. The molecule has 1 aliphatic heterocycles. The summed E-state index contributed by atoms with van der Waals surface area (Å²) >= 11 is 0. The van der Waals surface area contributed by atoms with E-state index in [9.17, 15) is 14.0 Å². The first-order valence-electron chi connectivity index (χ1n) is 12.6. The summed E-state index contributed by atoms with van der Waals surface area (Å²) in [5, 5.41) is 7.58. The number of nitrogens with one attached hydrogen (secondary N) is 1. The van der Waals surface area contributed by atoms with E-state index in [-0.39, 0.29) is 53.7 Å². The molecule has 1 N–H and O–H groups in total. The summed E-state index contributed by atoms with van der Waals surface area (Å²) in [6, 6.07) is 9.76. The zero-order chi connectivity index (χ0) is 27.9. The van der Waals surface area contributed by atoms with Crippen LogP contribution in [-0.2, 0) is 16.8 Å². The number of likely N-dealkylation sites (tertiary alicyclic amines) is 1. The largest absolute Gasteiger partial charge is 0.456 e. The molecule has 0 unspecified atom stereocenters. The normalized spacial score (nSPS) is 13.8. The predicted molar refractivity (Wildman–Crippen MR) is 143 cm³/mol. The van der Waals surface area contributed by atoms with E-state index < -0.39 is 12.0 Å². The van der Waals surface area contributed by atoms with Crippen molar-refractivity contribution < 1.29 is 23.1 Å². The molecule has 1 aliphatic rings. The first kappa shape index (κ1) is 26.3. The van der Waals surface area contributed by atoms with Crippen molar-refractivity contribution in [1.82, 2.24) is 19.7 Å². The monoisotopic (exact) mass is 533 g/mol. The smallest absolute Gasteiger partial charge is 0.254 e. The Bertz CT molecular complexity index is 1570. The molecule has 39 heavy (non-hydrogen) atoms. The van der Waals surface area contributed by atoms with Gasteiger partial charge in [0, 0.05) is 28.9 Å². The standard InChI is InChI=1S/C29H29F2N5O3/c1-17-24(8-6-18(27(17)31)12-26(37)34-21-13-33-36(16-21)29(2,3)4)39-25-9-10-32-23-7-5-19(11-22(23)25)28(38)35-14-20(30)15-35/h5-11,13,16,20H,12,14-15H2,1-4H3,(H,34,37). The first-order valence-corrected chi connectivity index (χ1v) is 12.6. The van der Waals surface area contributed by atoms with Gasteiger partial charge in [-0.25, -0.2) is 8.78 Å². The van der Waals surface area contributed by atoms with E-state index in [1.807, 2.05) is 20.8 Å². The van der Waals surface area contributed by atoms with Gasteiger partial charge in [-0.1, -0.05) is 6.07 Å². The number of hydrogen-bond donors (Lipinski definition) is 1. The second kappa shape index (κ2) is 10.1. The van der Waals surface area contributed by atoms with Gasteiger partial charge in [0.15, 0.2) is 0 Å². The van der Waals surface area contributed by atoms with Crippen LogP contribution in [0.1, 0.15) is 42.3 Å². The minimum Gasteiger partial charge on any atom is -0.456 e. The second-order valence-corrected chi connectivity index (χ2v) is 10.7. The lowest BCUT2D eigenvalue weighted by atomic mass is 10.1. The quantitative estimate of drug-likeness (QED) is 0.359. The fraction of sp³-hybridized carbons (Fsp3) is 0.310. The molecular weight excluding hydrogens is 504 g/mol. The van der Waals surface area contributed by atoms with Gasteiger partial charge in [-0.3, -0.25) is 19.3 Å². The van der Waals surface area contributed by atoms with Crippen LogP contribution in [0, 0.1) is 12.7 Å². The van der Waals surface area contributed by atoms with Crippen LogP contribution in [0.4, 0.5) is 14.5 Å². The van der Waals surface area contributed by atoms with Crippen molar-refractivity contribution in [2.75, 3.05) is 18.4 Å². The Labute approximate surface area is 224 Å². The van der Waals surface area contributed by atoms with E-state index in [2.05, 4.69) is 15.4 Å². The molecule has 8 nitrogen and oxygen atoms in total. The Morgan fingerprint density at radius 2 is 1.90 bits per heavy atom. The number of hydrogen-bond acceptors (Lipinski definition) is 5. The molecule has 0 spiro atoms. The van der Waals surface area contributed by atoms with E-state index >= 15 is 4.39 Å². The van der Waals surface area contributed by atoms with Crippen LogP contribution in [0.15, 0.2) is 55.0 Å². The molecule has 5 rings (SSSR count). The number of fused-ring (bicyclic) bond motifs is 1. The van der Waals surface area contributed by atoms with Crippen molar-refractivity contribution in [3.63, 3.8) is 0 Å². The molecule has 0 radical (unpaired) electrons.